The molecule has 12 heteroatoms. The number of carbonyl (C=O) groups is 2. The minimum Gasteiger partial charge on any atom is -0.489 e. The molecule has 0 unspecified atom stereocenters. The Labute approximate surface area is 218 Å². The van der Waals surface area contributed by atoms with E-state index in [1.54, 1.807) is 6.07 Å². The van der Waals surface area contributed by atoms with Crippen LogP contribution < -0.4 is 15.8 Å². The lowest BCUT2D eigenvalue weighted by molar-refractivity contribution is -0.138. The number of para-hydroxylation sites is 2. The lowest BCUT2D eigenvalue weighted by atomic mass is 10.3. The molecule has 1 aromatic carbocycles. The van der Waals surface area contributed by atoms with Crippen molar-refractivity contribution < 1.29 is 47.9 Å². The Morgan fingerprint density at radius 1 is 0.676 bits per heavy atom. The van der Waals surface area contributed by atoms with Gasteiger partial charge in [0.15, 0.2) is 0 Å². The lowest BCUT2D eigenvalue weighted by Crippen LogP contribution is -2.25. The third-order valence-electron chi connectivity index (χ3n) is 4.62. The minimum atomic E-state index is -0.981. The number of nitrogens with one attached hydrogen (secondary N) is 1. The van der Waals surface area contributed by atoms with Gasteiger partial charge >= 0.3 is 5.97 Å². The molecule has 0 aliphatic carbocycles. The monoisotopic (exact) mass is 530 g/mol. The Hall–Kier alpha value is -2.48. The van der Waals surface area contributed by atoms with E-state index in [-0.39, 0.29) is 18.7 Å². The predicted molar refractivity (Wildman–Crippen MR) is 136 cm³/mol. The summed E-state index contributed by atoms with van der Waals surface area (Å²) in [5.74, 6) is -0.586. The number of rotatable bonds is 26. The second kappa shape index (κ2) is 23.9. The van der Waals surface area contributed by atoms with E-state index in [1.807, 2.05) is 18.2 Å². The molecule has 0 heterocycles. The summed E-state index contributed by atoms with van der Waals surface area (Å²) in [4.78, 5) is 21.7. The average molecular weight is 531 g/mol. The first-order valence-corrected chi connectivity index (χ1v) is 12.5. The van der Waals surface area contributed by atoms with Crippen LogP contribution in [0.25, 0.3) is 0 Å². The highest BCUT2D eigenvalue weighted by Gasteiger charge is 2.04. The van der Waals surface area contributed by atoms with Gasteiger partial charge in [0.2, 0.25) is 5.91 Å². The van der Waals surface area contributed by atoms with Gasteiger partial charge in [-0.3, -0.25) is 9.59 Å². The van der Waals surface area contributed by atoms with Gasteiger partial charge in [-0.1, -0.05) is 12.1 Å². The van der Waals surface area contributed by atoms with Crippen molar-refractivity contribution in [2.45, 2.75) is 19.3 Å². The van der Waals surface area contributed by atoms with Crippen LogP contribution in [0.3, 0.4) is 0 Å². The van der Waals surface area contributed by atoms with Gasteiger partial charge in [0.05, 0.1) is 84.8 Å². The summed E-state index contributed by atoms with van der Waals surface area (Å²) in [5.41, 5.74) is 6.41. The van der Waals surface area contributed by atoms with Crippen LogP contribution in [0.1, 0.15) is 19.3 Å². The molecular weight excluding hydrogens is 488 g/mol. The van der Waals surface area contributed by atoms with E-state index >= 15 is 0 Å². The Morgan fingerprint density at radius 2 is 1.14 bits per heavy atom. The highest BCUT2D eigenvalue weighted by molar-refractivity contribution is 5.80. The van der Waals surface area contributed by atoms with Crippen molar-refractivity contribution in [2.75, 3.05) is 98.2 Å². The van der Waals surface area contributed by atoms with E-state index in [2.05, 4.69) is 5.32 Å². The number of amides is 1. The molecule has 1 rings (SSSR count). The van der Waals surface area contributed by atoms with Gasteiger partial charge in [0.25, 0.3) is 0 Å². The zero-order valence-electron chi connectivity index (χ0n) is 21.5. The minimum absolute atomic E-state index is 0.00696. The largest absolute Gasteiger partial charge is 0.489 e. The van der Waals surface area contributed by atoms with Crippen LogP contribution in [0.2, 0.25) is 0 Å². The molecule has 1 aromatic rings. The maximum absolute atomic E-state index is 11.3. The van der Waals surface area contributed by atoms with Crippen LogP contribution in [-0.2, 0) is 38.0 Å². The van der Waals surface area contributed by atoms with Crippen LogP contribution in [0, 0.1) is 0 Å². The van der Waals surface area contributed by atoms with E-state index in [9.17, 15) is 9.59 Å². The molecule has 0 aromatic heterocycles. The molecule has 0 spiro atoms. The van der Waals surface area contributed by atoms with Gasteiger partial charge in [0, 0.05) is 19.6 Å². The third-order valence-corrected chi connectivity index (χ3v) is 4.62. The number of ether oxygens (including phenoxy) is 7. The van der Waals surface area contributed by atoms with Crippen molar-refractivity contribution in [3.63, 3.8) is 0 Å². The number of carbonyl (C=O) groups excluding carboxylic acids is 1. The van der Waals surface area contributed by atoms with E-state index in [4.69, 9.17) is 44.0 Å². The molecule has 212 valence electrons. The molecule has 0 bridgehead atoms. The smallest absolute Gasteiger partial charge is 0.303 e. The first-order chi connectivity index (χ1) is 18.1. The van der Waals surface area contributed by atoms with E-state index < -0.39 is 5.97 Å². The summed E-state index contributed by atoms with van der Waals surface area (Å²) in [6.45, 7) is 6.59. The second-order valence-corrected chi connectivity index (χ2v) is 7.66. The van der Waals surface area contributed by atoms with Gasteiger partial charge in [-0.15, -0.1) is 0 Å². The number of nitrogens with two attached hydrogens (primary N) is 1. The summed E-state index contributed by atoms with van der Waals surface area (Å²) < 4.78 is 38.1. The molecule has 0 atom stereocenters. The zero-order valence-corrected chi connectivity index (χ0v) is 21.5. The fourth-order valence-electron chi connectivity index (χ4n) is 2.74. The molecular formula is C25H42N2O10. The van der Waals surface area contributed by atoms with Gasteiger partial charge in [-0.25, -0.2) is 0 Å². The molecule has 0 aliphatic rings. The third kappa shape index (κ3) is 21.3. The van der Waals surface area contributed by atoms with Crippen molar-refractivity contribution in [3.05, 3.63) is 24.3 Å². The van der Waals surface area contributed by atoms with Gasteiger partial charge in [-0.05, 0) is 18.6 Å². The van der Waals surface area contributed by atoms with E-state index in [0.29, 0.717) is 110 Å². The normalized spacial score (nSPS) is 10.9. The molecule has 37 heavy (non-hydrogen) atoms. The fourth-order valence-corrected chi connectivity index (χ4v) is 2.74. The van der Waals surface area contributed by atoms with Gasteiger partial charge in [0.1, 0.15) is 12.4 Å². The lowest BCUT2D eigenvalue weighted by Gasteiger charge is -2.09. The number of hydrogen-bond acceptors (Lipinski definition) is 10. The summed E-state index contributed by atoms with van der Waals surface area (Å²) in [6.07, 6.45) is 0.487. The standard InChI is InChI=1S/C25H42N2O10/c26-22-4-1-2-5-23(22)37-21-20-36-19-18-35-17-16-34-15-14-33-13-12-32-11-10-31-9-3-8-27-24(28)6-7-25(29)30/h1-2,4-5H,3,6-21,26H2,(H,27,28)(H,29,30). The number of nitrogen functional groups attached to an aromatic ring is 1. The SMILES string of the molecule is Nc1ccccc1OCCOCCOCCOCCOCCOCCOCCCNC(=O)CCC(=O)O. The number of benzene rings is 1. The van der Waals surface area contributed by atoms with Crippen LogP contribution in [-0.4, -0.2) is 109 Å². The Kier molecular flexibility index (Phi) is 21.0. The number of anilines is 1. The maximum atomic E-state index is 11.3. The van der Waals surface area contributed by atoms with Crippen molar-refractivity contribution >= 4 is 17.6 Å². The summed E-state index contributed by atoms with van der Waals surface area (Å²) in [6, 6.07) is 7.34. The number of aliphatic carboxylic acids is 1. The molecule has 0 saturated heterocycles. The van der Waals surface area contributed by atoms with Gasteiger partial charge in [-0.2, -0.15) is 0 Å². The van der Waals surface area contributed by atoms with E-state index in [0.717, 1.165) is 0 Å². The summed E-state index contributed by atoms with van der Waals surface area (Å²) in [5, 5.41) is 11.1. The van der Waals surface area contributed by atoms with Crippen molar-refractivity contribution in [3.8, 4) is 5.75 Å². The highest BCUT2D eigenvalue weighted by Crippen LogP contribution is 2.19. The second-order valence-electron chi connectivity index (χ2n) is 7.66. The Bertz CT molecular complexity index is 708. The first kappa shape index (κ1) is 32.5. The molecule has 0 fully saturated rings. The van der Waals surface area contributed by atoms with E-state index in [1.165, 1.54) is 0 Å². The first-order valence-electron chi connectivity index (χ1n) is 12.5. The molecule has 4 N–H and O–H groups in total. The zero-order chi connectivity index (χ0) is 26.8. The summed E-state index contributed by atoms with van der Waals surface area (Å²) in [7, 11) is 0. The summed E-state index contributed by atoms with van der Waals surface area (Å²) >= 11 is 0. The van der Waals surface area contributed by atoms with Crippen LogP contribution in [0.4, 0.5) is 5.69 Å². The number of hydrogen-bond donors (Lipinski definition) is 3. The topological polar surface area (TPSA) is 157 Å². The Morgan fingerprint density at radius 3 is 1.62 bits per heavy atom. The average Bonchev–Trinajstić information content (AvgIpc) is 2.88. The van der Waals surface area contributed by atoms with Crippen LogP contribution in [0.5, 0.6) is 5.75 Å². The van der Waals surface area contributed by atoms with Crippen molar-refractivity contribution in [2.24, 2.45) is 0 Å². The number of carboxylic acid groups (broad SMARTS) is 1. The molecule has 0 saturated carbocycles. The quantitative estimate of drug-likeness (QED) is 0.116. The van der Waals surface area contributed by atoms with Gasteiger partial charge < -0.3 is 49.3 Å². The fraction of sp³-hybridized carbons (Fsp3) is 0.680. The maximum Gasteiger partial charge on any atom is 0.303 e. The number of carboxylic acids is 1. The molecule has 1 amide bonds. The molecule has 0 aliphatic heterocycles. The predicted octanol–water partition coefficient (Wildman–Crippen LogP) is 1.12. The molecule has 12 nitrogen and oxygen atoms in total. The van der Waals surface area contributed by atoms with Crippen molar-refractivity contribution in [1.82, 2.24) is 5.32 Å². The van der Waals surface area contributed by atoms with Crippen molar-refractivity contribution in [1.29, 1.82) is 0 Å². The Balaban J connectivity index is 1.69. The molecule has 0 radical (unpaired) electrons. The van der Waals surface area contributed by atoms with Crippen LogP contribution >= 0.6 is 0 Å². The van der Waals surface area contributed by atoms with Crippen LogP contribution in [0.15, 0.2) is 24.3 Å². The highest BCUT2D eigenvalue weighted by atomic mass is 16.6.